The zero-order chi connectivity index (χ0) is 18.0. The van der Waals surface area contributed by atoms with E-state index in [1.54, 1.807) is 24.3 Å². The topological polar surface area (TPSA) is 61.4 Å². The van der Waals surface area contributed by atoms with E-state index in [4.69, 9.17) is 11.6 Å². The summed E-state index contributed by atoms with van der Waals surface area (Å²) >= 11 is 5.91. The van der Waals surface area contributed by atoms with Crippen molar-refractivity contribution in [3.63, 3.8) is 0 Å². The van der Waals surface area contributed by atoms with Crippen LogP contribution in [0.2, 0.25) is 5.02 Å². The number of carbonyl (C=O) groups excluding carboxylic acids is 2. The van der Waals surface area contributed by atoms with E-state index in [0.717, 1.165) is 17.7 Å². The molecule has 0 aliphatic carbocycles. The zero-order valence-corrected chi connectivity index (χ0v) is 14.9. The maximum absolute atomic E-state index is 12.2. The number of hydrogen-bond acceptors (Lipinski definition) is 2. The molecular weight excluding hydrogens is 338 g/mol. The van der Waals surface area contributed by atoms with Gasteiger partial charge < -0.3 is 15.5 Å². The number of rotatable bonds is 3. The molecule has 1 aliphatic rings. The molecule has 2 aromatic carbocycles. The van der Waals surface area contributed by atoms with Crippen LogP contribution >= 0.6 is 11.6 Å². The number of halogens is 1. The van der Waals surface area contributed by atoms with Crippen LogP contribution in [0.15, 0.2) is 42.5 Å². The lowest BCUT2D eigenvalue weighted by Crippen LogP contribution is -2.32. The first-order valence-electron chi connectivity index (χ1n) is 8.22. The van der Waals surface area contributed by atoms with Gasteiger partial charge in [-0.3, -0.25) is 4.79 Å². The fraction of sp³-hybridized carbons (Fsp3) is 0.263. The molecular formula is C19H20ClN3O2. The molecule has 0 fully saturated rings. The summed E-state index contributed by atoms with van der Waals surface area (Å²) in [6.45, 7) is 4.48. The van der Waals surface area contributed by atoms with Crippen LogP contribution in [-0.2, 0) is 11.2 Å². The van der Waals surface area contributed by atoms with Gasteiger partial charge in [-0.15, -0.1) is 0 Å². The van der Waals surface area contributed by atoms with Crippen LogP contribution in [0.5, 0.6) is 0 Å². The summed E-state index contributed by atoms with van der Waals surface area (Å²) in [5.41, 5.74) is 3.31. The lowest BCUT2D eigenvalue weighted by molar-refractivity contribution is -0.121. The number of benzene rings is 2. The van der Waals surface area contributed by atoms with Crippen molar-refractivity contribution in [1.82, 2.24) is 0 Å². The number of fused-ring (bicyclic) bond motifs is 1. The molecule has 0 radical (unpaired) electrons. The molecule has 0 atom stereocenters. The molecule has 5 nitrogen and oxygen atoms in total. The second kappa shape index (κ2) is 7.15. The van der Waals surface area contributed by atoms with Gasteiger partial charge in [-0.25, -0.2) is 4.79 Å². The molecule has 0 bridgehead atoms. The summed E-state index contributed by atoms with van der Waals surface area (Å²) < 4.78 is 0. The third-order valence-electron chi connectivity index (χ3n) is 4.08. The number of urea groups is 1. The highest BCUT2D eigenvalue weighted by molar-refractivity contribution is 6.30. The van der Waals surface area contributed by atoms with E-state index >= 15 is 0 Å². The summed E-state index contributed by atoms with van der Waals surface area (Å²) in [5, 5.41) is 6.11. The average Bonchev–Trinajstić information content (AvgIpc) is 2.97. The molecule has 0 saturated carbocycles. The predicted molar refractivity (Wildman–Crippen MR) is 101 cm³/mol. The molecule has 0 spiro atoms. The van der Waals surface area contributed by atoms with Crippen molar-refractivity contribution >= 4 is 40.6 Å². The minimum atomic E-state index is -0.338. The maximum atomic E-state index is 12.2. The maximum Gasteiger partial charge on any atom is 0.323 e. The zero-order valence-electron chi connectivity index (χ0n) is 14.2. The molecule has 1 heterocycles. The molecule has 0 aromatic heterocycles. The van der Waals surface area contributed by atoms with E-state index in [2.05, 4.69) is 10.6 Å². The molecule has 2 aromatic rings. The van der Waals surface area contributed by atoms with Crippen molar-refractivity contribution < 1.29 is 9.59 Å². The second-order valence-electron chi connectivity index (χ2n) is 6.33. The lowest BCUT2D eigenvalue weighted by Gasteiger charge is -2.19. The van der Waals surface area contributed by atoms with Gasteiger partial charge in [0.2, 0.25) is 5.91 Å². The van der Waals surface area contributed by atoms with Crippen LogP contribution in [0, 0.1) is 5.92 Å². The molecule has 1 aliphatic heterocycles. The van der Waals surface area contributed by atoms with Gasteiger partial charge in [0.1, 0.15) is 0 Å². The summed E-state index contributed by atoms with van der Waals surface area (Å²) in [6.07, 6.45) is 0.791. The number of carbonyl (C=O) groups is 2. The third kappa shape index (κ3) is 3.94. The number of nitrogens with one attached hydrogen (secondary N) is 2. The fourth-order valence-corrected chi connectivity index (χ4v) is 3.07. The quantitative estimate of drug-likeness (QED) is 0.847. The SMILES string of the molecule is CC(C)C(=O)N1CCc2cc(NC(=O)Nc3cccc(Cl)c3)ccc21. The largest absolute Gasteiger partial charge is 0.323 e. The van der Waals surface area contributed by atoms with Crippen molar-refractivity contribution in [3.05, 3.63) is 53.1 Å². The van der Waals surface area contributed by atoms with Gasteiger partial charge in [0, 0.05) is 34.5 Å². The Kier molecular flexibility index (Phi) is 4.95. The van der Waals surface area contributed by atoms with Gasteiger partial charge in [0.05, 0.1) is 0 Å². The number of hydrogen-bond donors (Lipinski definition) is 2. The summed E-state index contributed by atoms with van der Waals surface area (Å²) in [5.74, 6) is 0.0883. The Morgan fingerprint density at radius 1 is 1.08 bits per heavy atom. The van der Waals surface area contributed by atoms with Crippen molar-refractivity contribution in [1.29, 1.82) is 0 Å². The van der Waals surface area contributed by atoms with E-state index in [1.807, 2.05) is 36.9 Å². The smallest absolute Gasteiger partial charge is 0.312 e. The minimum Gasteiger partial charge on any atom is -0.312 e. The number of nitrogens with zero attached hydrogens (tertiary/aromatic N) is 1. The van der Waals surface area contributed by atoms with Crippen LogP contribution in [0.4, 0.5) is 21.9 Å². The Labute approximate surface area is 152 Å². The molecule has 2 N–H and O–H groups in total. The number of amides is 3. The van der Waals surface area contributed by atoms with Crippen LogP contribution in [-0.4, -0.2) is 18.5 Å². The molecule has 130 valence electrons. The van der Waals surface area contributed by atoms with Crippen LogP contribution in [0.25, 0.3) is 0 Å². The van der Waals surface area contributed by atoms with Gasteiger partial charge in [0.25, 0.3) is 0 Å². The first kappa shape index (κ1) is 17.3. The van der Waals surface area contributed by atoms with E-state index in [0.29, 0.717) is 22.9 Å². The molecule has 3 rings (SSSR count). The first-order valence-corrected chi connectivity index (χ1v) is 8.59. The highest BCUT2D eigenvalue weighted by Gasteiger charge is 2.26. The molecule has 0 saturated heterocycles. The van der Waals surface area contributed by atoms with Gasteiger partial charge in [0.15, 0.2) is 0 Å². The average molecular weight is 358 g/mol. The lowest BCUT2D eigenvalue weighted by atomic mass is 10.1. The normalized spacial score (nSPS) is 12.9. The van der Waals surface area contributed by atoms with E-state index in [1.165, 1.54) is 0 Å². The molecule has 25 heavy (non-hydrogen) atoms. The monoisotopic (exact) mass is 357 g/mol. The highest BCUT2D eigenvalue weighted by Crippen LogP contribution is 2.31. The van der Waals surface area contributed by atoms with Crippen LogP contribution in [0.1, 0.15) is 19.4 Å². The second-order valence-corrected chi connectivity index (χ2v) is 6.76. The minimum absolute atomic E-state index is 0.0350. The third-order valence-corrected chi connectivity index (χ3v) is 4.31. The van der Waals surface area contributed by atoms with Gasteiger partial charge in [-0.05, 0) is 48.4 Å². The fourth-order valence-electron chi connectivity index (χ4n) is 2.88. The van der Waals surface area contributed by atoms with Gasteiger partial charge in [-0.2, -0.15) is 0 Å². The molecule has 6 heteroatoms. The highest BCUT2D eigenvalue weighted by atomic mass is 35.5. The number of anilines is 3. The van der Waals surface area contributed by atoms with E-state index in [-0.39, 0.29) is 17.9 Å². The van der Waals surface area contributed by atoms with Crippen molar-refractivity contribution in [2.45, 2.75) is 20.3 Å². The Bertz CT molecular complexity index is 820. The van der Waals surface area contributed by atoms with Crippen LogP contribution < -0.4 is 15.5 Å². The Hall–Kier alpha value is -2.53. The molecule has 0 unspecified atom stereocenters. The van der Waals surface area contributed by atoms with Gasteiger partial charge in [-0.1, -0.05) is 31.5 Å². The first-order chi connectivity index (χ1) is 11.9. The predicted octanol–water partition coefficient (Wildman–Crippen LogP) is 4.53. The summed E-state index contributed by atoms with van der Waals surface area (Å²) in [4.78, 5) is 26.2. The van der Waals surface area contributed by atoms with Crippen molar-refractivity contribution in [2.24, 2.45) is 5.92 Å². The van der Waals surface area contributed by atoms with Crippen LogP contribution in [0.3, 0.4) is 0 Å². The Balaban J connectivity index is 1.69. The van der Waals surface area contributed by atoms with Crippen molar-refractivity contribution in [3.8, 4) is 0 Å². The Morgan fingerprint density at radius 3 is 2.48 bits per heavy atom. The van der Waals surface area contributed by atoms with Gasteiger partial charge >= 0.3 is 6.03 Å². The van der Waals surface area contributed by atoms with E-state index < -0.39 is 0 Å². The standard InChI is InChI=1S/C19H20ClN3O2/c1-12(2)18(24)23-9-8-13-10-16(6-7-17(13)23)22-19(25)21-15-5-3-4-14(20)11-15/h3-7,10-12H,8-9H2,1-2H3,(H2,21,22,25). The summed E-state index contributed by atoms with van der Waals surface area (Å²) in [7, 11) is 0. The van der Waals surface area contributed by atoms with E-state index in [9.17, 15) is 9.59 Å². The van der Waals surface area contributed by atoms with Crippen molar-refractivity contribution in [2.75, 3.05) is 22.1 Å². The molecule has 3 amide bonds. The summed E-state index contributed by atoms with van der Waals surface area (Å²) in [6, 6.07) is 12.2. The Morgan fingerprint density at radius 2 is 1.80 bits per heavy atom.